The number of rotatable bonds is 30. The highest BCUT2D eigenvalue weighted by molar-refractivity contribution is 6.93. The smallest absolute Gasteiger partial charge is 0.317 e. The Labute approximate surface area is 281 Å². The SMILES string of the molecule is C[Si]1(C)O[Si](C)(C)O[Si](C)(CCCOCCOCCOCCOCCOCCOCCOCCOCCOCCO)O[Si](C)(C)O1. The third-order valence-electron chi connectivity index (χ3n) is 6.04. The number of aliphatic hydroxyl groups excluding tert-OH is 1. The summed E-state index contributed by atoms with van der Waals surface area (Å²) in [6.45, 7) is 23.7. The monoisotopic (exact) mass is 736 g/mol. The first-order valence-electron chi connectivity index (χ1n) is 16.5. The molecule has 14 nitrogen and oxygen atoms in total. The van der Waals surface area contributed by atoms with E-state index in [2.05, 4.69) is 45.8 Å². The summed E-state index contributed by atoms with van der Waals surface area (Å²) in [4.78, 5) is 0. The lowest BCUT2D eigenvalue weighted by Crippen LogP contribution is -2.65. The average Bonchev–Trinajstić information content (AvgIpc) is 2.93. The predicted octanol–water partition coefficient (Wildman–Crippen LogP) is 2.78. The zero-order valence-electron chi connectivity index (χ0n) is 29.6. The largest absolute Gasteiger partial charge is 0.416 e. The zero-order valence-corrected chi connectivity index (χ0v) is 33.6. The van der Waals surface area contributed by atoms with Gasteiger partial charge in [-0.05, 0) is 58.3 Å². The summed E-state index contributed by atoms with van der Waals surface area (Å²) in [6.07, 6.45) is 0.860. The summed E-state index contributed by atoms with van der Waals surface area (Å²) in [7, 11) is -9.39. The van der Waals surface area contributed by atoms with Crippen molar-refractivity contribution >= 4 is 34.2 Å². The number of aliphatic hydroxyl groups is 1. The van der Waals surface area contributed by atoms with Crippen molar-refractivity contribution in [2.24, 2.45) is 0 Å². The molecule has 1 fully saturated rings. The molecule has 0 aliphatic carbocycles. The van der Waals surface area contributed by atoms with Crippen LogP contribution < -0.4 is 0 Å². The fourth-order valence-corrected chi connectivity index (χ4v) is 26.4. The molecule has 1 saturated heterocycles. The first-order chi connectivity index (χ1) is 21.9. The van der Waals surface area contributed by atoms with Crippen molar-refractivity contribution in [3.05, 3.63) is 0 Å². The molecule has 1 rings (SSSR count). The highest BCUT2D eigenvalue weighted by Gasteiger charge is 2.52. The number of hydrogen-bond donors (Lipinski definition) is 1. The quantitative estimate of drug-likeness (QED) is 0.0854. The first kappa shape index (κ1) is 44.3. The van der Waals surface area contributed by atoms with Crippen LogP contribution in [0.1, 0.15) is 6.42 Å². The Hall–Kier alpha value is 0.308. The minimum Gasteiger partial charge on any atom is -0.416 e. The van der Waals surface area contributed by atoms with Crippen molar-refractivity contribution in [3.8, 4) is 0 Å². The van der Waals surface area contributed by atoms with Crippen molar-refractivity contribution in [1.82, 2.24) is 0 Å². The van der Waals surface area contributed by atoms with Crippen LogP contribution in [0.3, 0.4) is 0 Å². The summed E-state index contributed by atoms with van der Waals surface area (Å²) < 4.78 is 75.2. The predicted molar refractivity (Wildman–Crippen MR) is 182 cm³/mol. The zero-order chi connectivity index (χ0) is 34.0. The topological polar surface area (TPSA) is 140 Å². The van der Waals surface area contributed by atoms with Crippen LogP contribution in [0.5, 0.6) is 0 Å². The molecule has 276 valence electrons. The van der Waals surface area contributed by atoms with Crippen LogP contribution in [0.25, 0.3) is 0 Å². The van der Waals surface area contributed by atoms with Gasteiger partial charge in [-0.15, -0.1) is 0 Å². The van der Waals surface area contributed by atoms with Gasteiger partial charge in [0.1, 0.15) is 0 Å². The number of ether oxygens (including phenoxy) is 9. The highest BCUT2D eigenvalue weighted by atomic mass is 28.5. The Morgan fingerprint density at radius 3 is 0.870 bits per heavy atom. The molecule has 0 aromatic heterocycles. The van der Waals surface area contributed by atoms with Gasteiger partial charge in [0.2, 0.25) is 0 Å². The van der Waals surface area contributed by atoms with Gasteiger partial charge in [-0.3, -0.25) is 0 Å². The lowest BCUT2D eigenvalue weighted by Gasteiger charge is -2.47. The Bertz CT molecular complexity index is 702. The maximum absolute atomic E-state index is 8.59. The van der Waals surface area contributed by atoms with E-state index in [1.54, 1.807) is 0 Å². The standard InChI is InChI=1S/C28H64O14Si4/c1-43(2)39-44(3,4)41-46(7,42-45(5,6)40-43)28-8-10-30-12-14-32-16-18-34-20-22-36-24-26-38-27-25-37-23-21-35-19-17-33-15-13-31-11-9-29/h29H,8-28H2,1-7H3. The van der Waals surface area contributed by atoms with Gasteiger partial charge in [0.05, 0.1) is 119 Å². The summed E-state index contributed by atoms with van der Waals surface area (Å²) in [5.74, 6) is 0. The summed E-state index contributed by atoms with van der Waals surface area (Å²) in [5.41, 5.74) is 0. The maximum Gasteiger partial charge on any atom is 0.317 e. The van der Waals surface area contributed by atoms with Crippen molar-refractivity contribution in [1.29, 1.82) is 0 Å². The van der Waals surface area contributed by atoms with E-state index in [9.17, 15) is 0 Å². The van der Waals surface area contributed by atoms with Gasteiger partial charge < -0.3 is 64.2 Å². The highest BCUT2D eigenvalue weighted by Crippen LogP contribution is 2.32. The van der Waals surface area contributed by atoms with E-state index in [0.717, 1.165) is 12.5 Å². The summed E-state index contributed by atoms with van der Waals surface area (Å²) in [6, 6.07) is 0.838. The van der Waals surface area contributed by atoms with Gasteiger partial charge in [0.25, 0.3) is 0 Å². The summed E-state index contributed by atoms with van der Waals surface area (Å²) >= 11 is 0. The van der Waals surface area contributed by atoms with Gasteiger partial charge in [0, 0.05) is 6.61 Å². The van der Waals surface area contributed by atoms with Gasteiger partial charge >= 0.3 is 34.2 Å². The van der Waals surface area contributed by atoms with E-state index in [4.69, 9.17) is 64.2 Å². The second-order valence-electron chi connectivity index (χ2n) is 12.1. The molecule has 0 unspecified atom stereocenters. The molecule has 0 amide bonds. The maximum atomic E-state index is 8.59. The van der Waals surface area contributed by atoms with Crippen LogP contribution in [0, 0.1) is 0 Å². The molecule has 0 aromatic rings. The Kier molecular flexibility index (Phi) is 25.2. The van der Waals surface area contributed by atoms with Crippen LogP contribution in [-0.4, -0.2) is 165 Å². The van der Waals surface area contributed by atoms with E-state index in [1.165, 1.54) is 0 Å². The van der Waals surface area contributed by atoms with Crippen LogP contribution >= 0.6 is 0 Å². The Morgan fingerprint density at radius 1 is 0.348 bits per heavy atom. The van der Waals surface area contributed by atoms with Gasteiger partial charge in [-0.1, -0.05) is 0 Å². The van der Waals surface area contributed by atoms with Crippen molar-refractivity contribution in [3.63, 3.8) is 0 Å². The molecular weight excluding hydrogens is 673 g/mol. The Balaban J connectivity index is 1.83. The third-order valence-corrected chi connectivity index (χ3v) is 22.6. The molecule has 1 heterocycles. The van der Waals surface area contributed by atoms with Gasteiger partial charge in [-0.25, -0.2) is 0 Å². The average molecular weight is 737 g/mol. The molecule has 0 radical (unpaired) electrons. The van der Waals surface area contributed by atoms with E-state index in [-0.39, 0.29) is 6.61 Å². The fraction of sp³-hybridized carbons (Fsp3) is 1.00. The summed E-state index contributed by atoms with van der Waals surface area (Å²) in [5, 5.41) is 8.59. The molecule has 1 N–H and O–H groups in total. The molecule has 0 saturated carbocycles. The molecular formula is C28H64O14Si4. The van der Waals surface area contributed by atoms with Crippen LogP contribution in [0.15, 0.2) is 0 Å². The second kappa shape index (κ2) is 26.2. The van der Waals surface area contributed by atoms with E-state index >= 15 is 0 Å². The Morgan fingerprint density at radius 2 is 0.587 bits per heavy atom. The van der Waals surface area contributed by atoms with Gasteiger partial charge in [0.15, 0.2) is 0 Å². The van der Waals surface area contributed by atoms with Crippen LogP contribution in [-0.2, 0) is 59.1 Å². The van der Waals surface area contributed by atoms with E-state index < -0.39 is 34.2 Å². The second-order valence-corrected chi connectivity index (χ2v) is 26.5. The molecule has 1 aliphatic rings. The molecule has 0 bridgehead atoms. The number of hydrogen-bond acceptors (Lipinski definition) is 14. The first-order valence-corrected chi connectivity index (χ1v) is 27.5. The van der Waals surface area contributed by atoms with Crippen molar-refractivity contribution < 1.29 is 64.2 Å². The van der Waals surface area contributed by atoms with Gasteiger partial charge in [-0.2, -0.15) is 0 Å². The third kappa shape index (κ3) is 26.2. The molecule has 0 aromatic carbocycles. The fourth-order valence-electron chi connectivity index (χ4n) is 4.83. The molecule has 18 heteroatoms. The normalized spacial score (nSPS) is 18.8. The van der Waals surface area contributed by atoms with Crippen molar-refractivity contribution in [2.45, 2.75) is 58.3 Å². The van der Waals surface area contributed by atoms with Crippen LogP contribution in [0.4, 0.5) is 0 Å². The lowest BCUT2D eigenvalue weighted by molar-refractivity contribution is -0.0255. The molecule has 1 aliphatic heterocycles. The molecule has 0 atom stereocenters. The van der Waals surface area contributed by atoms with Crippen molar-refractivity contribution in [2.75, 3.05) is 126 Å². The van der Waals surface area contributed by atoms with E-state index in [1.807, 2.05) is 0 Å². The molecule has 0 spiro atoms. The molecule has 46 heavy (non-hydrogen) atoms. The van der Waals surface area contributed by atoms with Crippen LogP contribution in [0.2, 0.25) is 51.9 Å². The minimum absolute atomic E-state index is 0.0254. The lowest BCUT2D eigenvalue weighted by atomic mass is 10.5. The minimum atomic E-state index is -2.44. The van der Waals surface area contributed by atoms with E-state index in [0.29, 0.717) is 119 Å².